The third kappa shape index (κ3) is 4.17. The van der Waals surface area contributed by atoms with Crippen molar-refractivity contribution in [1.29, 1.82) is 0 Å². The molecule has 0 saturated carbocycles. The number of halogens is 1. The number of nitrogens with zero attached hydrogens (tertiary/aromatic N) is 3. The summed E-state index contributed by atoms with van der Waals surface area (Å²) in [6, 6.07) is 9.53. The monoisotopic (exact) mass is 388 g/mol. The van der Waals surface area contributed by atoms with Crippen LogP contribution >= 0.6 is 12.4 Å². The average Bonchev–Trinajstić information content (AvgIpc) is 3.29. The molecule has 0 aliphatic carbocycles. The highest BCUT2D eigenvalue weighted by atomic mass is 35.5. The molecule has 1 amide bonds. The van der Waals surface area contributed by atoms with Crippen LogP contribution in [0.3, 0.4) is 0 Å². The first-order valence-corrected chi connectivity index (χ1v) is 8.65. The number of hydrogen-bond acceptors (Lipinski definition) is 6. The number of amides is 1. The molecule has 3 aromatic rings. The molecule has 1 atom stereocenters. The van der Waals surface area contributed by atoms with Crippen LogP contribution in [0.25, 0.3) is 0 Å². The van der Waals surface area contributed by atoms with Gasteiger partial charge in [-0.2, -0.15) is 10.1 Å². The quantitative estimate of drug-likeness (QED) is 0.616. The number of carbonyl (C=O) groups excluding carboxylic acids is 1. The number of aromatic nitrogens is 4. The number of aromatic amines is 1. The summed E-state index contributed by atoms with van der Waals surface area (Å²) in [5, 5.41) is 17.3. The molecule has 0 radical (unpaired) electrons. The molecular weight excluding hydrogens is 368 g/mol. The Balaban J connectivity index is 0.00000210. The van der Waals surface area contributed by atoms with Crippen molar-refractivity contribution in [3.63, 3.8) is 0 Å². The van der Waals surface area contributed by atoms with Crippen LogP contribution in [0, 0.1) is 0 Å². The van der Waals surface area contributed by atoms with Gasteiger partial charge in [-0.1, -0.05) is 35.5 Å². The lowest BCUT2D eigenvalue weighted by atomic mass is 10.1. The summed E-state index contributed by atoms with van der Waals surface area (Å²) in [7, 11) is 0. The first-order chi connectivity index (χ1) is 12.7. The maximum atomic E-state index is 12.6. The van der Waals surface area contributed by atoms with Crippen LogP contribution in [0.15, 0.2) is 34.9 Å². The molecular formula is C18H21ClN6O2. The Morgan fingerprint density at radius 1 is 1.33 bits per heavy atom. The Kier molecular flexibility index (Phi) is 5.88. The molecule has 3 heterocycles. The number of benzene rings is 1. The lowest BCUT2D eigenvalue weighted by Crippen LogP contribution is -2.30. The summed E-state index contributed by atoms with van der Waals surface area (Å²) in [6.45, 7) is 3.36. The van der Waals surface area contributed by atoms with Gasteiger partial charge in [0, 0.05) is 30.8 Å². The van der Waals surface area contributed by atoms with E-state index in [1.807, 2.05) is 37.3 Å². The highest BCUT2D eigenvalue weighted by Crippen LogP contribution is 2.17. The van der Waals surface area contributed by atoms with Gasteiger partial charge in [0.2, 0.25) is 5.89 Å². The zero-order valence-electron chi connectivity index (χ0n) is 14.9. The van der Waals surface area contributed by atoms with Crippen LogP contribution < -0.4 is 10.6 Å². The molecule has 2 aromatic heterocycles. The van der Waals surface area contributed by atoms with E-state index in [4.69, 9.17) is 4.52 Å². The number of rotatable bonds is 5. The maximum Gasteiger partial charge on any atom is 0.272 e. The van der Waals surface area contributed by atoms with E-state index in [-0.39, 0.29) is 24.4 Å². The molecule has 0 bridgehead atoms. The molecule has 4 rings (SSSR count). The van der Waals surface area contributed by atoms with Crippen LogP contribution in [-0.4, -0.2) is 32.8 Å². The van der Waals surface area contributed by atoms with Gasteiger partial charge in [0.1, 0.15) is 0 Å². The SMILES string of the molecule is CC(NC(=O)c1n[nH]c2c1CNCC2)c1noc(Cc2ccccc2)n1.Cl. The lowest BCUT2D eigenvalue weighted by Gasteiger charge is -2.14. The first-order valence-electron chi connectivity index (χ1n) is 8.65. The fraction of sp³-hybridized carbons (Fsp3) is 0.333. The summed E-state index contributed by atoms with van der Waals surface area (Å²) in [4.78, 5) is 16.9. The minimum atomic E-state index is -0.375. The van der Waals surface area contributed by atoms with Crippen molar-refractivity contribution >= 4 is 18.3 Å². The van der Waals surface area contributed by atoms with Gasteiger partial charge in [0.05, 0.1) is 12.5 Å². The average molecular weight is 389 g/mol. The van der Waals surface area contributed by atoms with Gasteiger partial charge in [0.25, 0.3) is 5.91 Å². The number of fused-ring (bicyclic) bond motifs is 1. The van der Waals surface area contributed by atoms with Gasteiger partial charge in [0.15, 0.2) is 11.5 Å². The molecule has 142 valence electrons. The third-order valence-electron chi connectivity index (χ3n) is 4.44. The summed E-state index contributed by atoms with van der Waals surface area (Å²) in [5.74, 6) is 0.730. The Morgan fingerprint density at radius 2 is 2.15 bits per heavy atom. The van der Waals surface area contributed by atoms with E-state index in [1.54, 1.807) is 0 Å². The van der Waals surface area contributed by atoms with Gasteiger partial charge in [-0.05, 0) is 12.5 Å². The second-order valence-corrected chi connectivity index (χ2v) is 6.36. The van der Waals surface area contributed by atoms with Crippen LogP contribution in [0.4, 0.5) is 0 Å². The molecule has 1 unspecified atom stereocenters. The van der Waals surface area contributed by atoms with Crippen molar-refractivity contribution in [1.82, 2.24) is 31.0 Å². The molecule has 0 saturated heterocycles. The normalized spacial score (nSPS) is 14.1. The zero-order valence-corrected chi connectivity index (χ0v) is 15.7. The predicted octanol–water partition coefficient (Wildman–Crippen LogP) is 1.94. The molecule has 3 N–H and O–H groups in total. The summed E-state index contributed by atoms with van der Waals surface area (Å²) in [6.07, 6.45) is 1.41. The van der Waals surface area contributed by atoms with E-state index in [1.165, 1.54) is 0 Å². The van der Waals surface area contributed by atoms with Crippen molar-refractivity contribution < 1.29 is 9.32 Å². The van der Waals surface area contributed by atoms with Crippen LogP contribution in [-0.2, 0) is 19.4 Å². The predicted molar refractivity (Wildman–Crippen MR) is 101 cm³/mol. The molecule has 0 spiro atoms. The fourth-order valence-electron chi connectivity index (χ4n) is 3.03. The second-order valence-electron chi connectivity index (χ2n) is 6.36. The standard InChI is InChI=1S/C18H20N6O2.ClH/c1-11(17-21-15(26-24-17)9-12-5-3-2-4-6-12)20-18(25)16-13-10-19-8-7-14(13)22-23-16;/h2-6,11,19H,7-10H2,1H3,(H,20,25)(H,22,23);1H. The van der Waals surface area contributed by atoms with Gasteiger partial charge < -0.3 is 15.2 Å². The highest BCUT2D eigenvalue weighted by molar-refractivity contribution is 5.94. The van der Waals surface area contributed by atoms with Crippen molar-refractivity contribution in [2.45, 2.75) is 32.4 Å². The summed E-state index contributed by atoms with van der Waals surface area (Å²) in [5.41, 5.74) is 3.46. The smallest absolute Gasteiger partial charge is 0.272 e. The maximum absolute atomic E-state index is 12.6. The minimum absolute atomic E-state index is 0. The van der Waals surface area contributed by atoms with Crippen LogP contribution in [0.1, 0.15) is 52.0 Å². The van der Waals surface area contributed by atoms with E-state index in [9.17, 15) is 4.79 Å². The largest absolute Gasteiger partial charge is 0.341 e. The molecule has 8 nitrogen and oxygen atoms in total. The third-order valence-corrected chi connectivity index (χ3v) is 4.44. The zero-order chi connectivity index (χ0) is 17.9. The molecule has 1 aliphatic rings. The second kappa shape index (κ2) is 8.32. The van der Waals surface area contributed by atoms with Crippen molar-refractivity contribution in [2.24, 2.45) is 0 Å². The molecule has 1 aromatic carbocycles. The highest BCUT2D eigenvalue weighted by Gasteiger charge is 2.24. The van der Waals surface area contributed by atoms with Gasteiger partial charge in [-0.25, -0.2) is 0 Å². The number of nitrogens with one attached hydrogen (secondary N) is 3. The molecule has 9 heteroatoms. The summed E-state index contributed by atoms with van der Waals surface area (Å²) >= 11 is 0. The van der Waals surface area contributed by atoms with Crippen LogP contribution in [0.2, 0.25) is 0 Å². The fourth-order valence-corrected chi connectivity index (χ4v) is 3.03. The van der Waals surface area contributed by atoms with Crippen molar-refractivity contribution in [3.05, 3.63) is 64.6 Å². The Bertz CT molecular complexity index is 908. The van der Waals surface area contributed by atoms with Gasteiger partial charge in [-0.15, -0.1) is 12.4 Å². The number of H-pyrrole nitrogens is 1. The van der Waals surface area contributed by atoms with Gasteiger partial charge >= 0.3 is 0 Å². The molecule has 27 heavy (non-hydrogen) atoms. The number of carbonyl (C=O) groups is 1. The van der Waals surface area contributed by atoms with E-state index < -0.39 is 0 Å². The Hall–Kier alpha value is -2.71. The summed E-state index contributed by atoms with van der Waals surface area (Å²) < 4.78 is 5.31. The number of hydrogen-bond donors (Lipinski definition) is 3. The Morgan fingerprint density at radius 3 is 2.96 bits per heavy atom. The Labute approximate surface area is 162 Å². The topological polar surface area (TPSA) is 109 Å². The first kappa shape index (κ1) is 19.1. The molecule has 0 fully saturated rings. The molecule has 1 aliphatic heterocycles. The minimum Gasteiger partial charge on any atom is -0.341 e. The van der Waals surface area contributed by atoms with Crippen molar-refractivity contribution in [2.75, 3.05) is 6.54 Å². The van der Waals surface area contributed by atoms with Crippen molar-refractivity contribution in [3.8, 4) is 0 Å². The lowest BCUT2D eigenvalue weighted by molar-refractivity contribution is 0.0931. The van der Waals surface area contributed by atoms with E-state index in [0.29, 0.717) is 30.4 Å². The van der Waals surface area contributed by atoms with Gasteiger partial charge in [-0.3, -0.25) is 9.89 Å². The van der Waals surface area contributed by atoms with Crippen LogP contribution in [0.5, 0.6) is 0 Å². The van der Waals surface area contributed by atoms with E-state index in [0.717, 1.165) is 29.8 Å². The van der Waals surface area contributed by atoms with E-state index in [2.05, 4.69) is 31.0 Å². The van der Waals surface area contributed by atoms with E-state index >= 15 is 0 Å².